The highest BCUT2D eigenvalue weighted by molar-refractivity contribution is 5.82. The zero-order chi connectivity index (χ0) is 17.2. The van der Waals surface area contributed by atoms with E-state index in [1.807, 2.05) is 18.2 Å². The zero-order valence-electron chi connectivity index (χ0n) is 14.5. The molecule has 2 aromatic rings. The van der Waals surface area contributed by atoms with Gasteiger partial charge in [-0.05, 0) is 42.0 Å². The van der Waals surface area contributed by atoms with Gasteiger partial charge in [-0.25, -0.2) is 4.39 Å². The SMILES string of the molecule is CCCCCc1ccc(/C=N/N=C/c2ccc(CC)cc2)c(F)c1. The lowest BCUT2D eigenvalue weighted by molar-refractivity contribution is 0.621. The summed E-state index contributed by atoms with van der Waals surface area (Å²) < 4.78 is 14.0. The molecule has 0 fully saturated rings. The second-order valence-corrected chi connectivity index (χ2v) is 5.90. The number of hydrogen-bond acceptors (Lipinski definition) is 2. The number of benzene rings is 2. The molecule has 24 heavy (non-hydrogen) atoms. The topological polar surface area (TPSA) is 24.7 Å². The molecule has 0 aliphatic rings. The van der Waals surface area contributed by atoms with Gasteiger partial charge in [-0.3, -0.25) is 0 Å². The van der Waals surface area contributed by atoms with Crippen LogP contribution in [0.4, 0.5) is 4.39 Å². The molecule has 3 heteroatoms. The summed E-state index contributed by atoms with van der Waals surface area (Å²) in [6, 6.07) is 13.5. The fraction of sp³-hybridized carbons (Fsp3) is 0.333. The predicted octanol–water partition coefficient (Wildman–Crippen LogP) is 5.57. The molecule has 0 saturated heterocycles. The molecule has 0 unspecified atom stereocenters. The maximum atomic E-state index is 14.0. The molecule has 0 radical (unpaired) electrons. The maximum Gasteiger partial charge on any atom is 0.132 e. The van der Waals surface area contributed by atoms with Gasteiger partial charge in [0.05, 0.1) is 12.4 Å². The van der Waals surface area contributed by atoms with E-state index in [9.17, 15) is 4.39 Å². The fourth-order valence-corrected chi connectivity index (χ4v) is 2.44. The number of rotatable bonds is 8. The third kappa shape index (κ3) is 5.73. The average molecular weight is 324 g/mol. The quantitative estimate of drug-likeness (QED) is 0.344. The molecular formula is C21H25FN2. The highest BCUT2D eigenvalue weighted by Crippen LogP contribution is 2.12. The molecule has 2 rings (SSSR count). The van der Waals surface area contributed by atoms with Crippen LogP contribution in [0.3, 0.4) is 0 Å². The summed E-state index contributed by atoms with van der Waals surface area (Å²) in [7, 11) is 0. The average Bonchev–Trinajstić information content (AvgIpc) is 2.61. The maximum absolute atomic E-state index is 14.0. The Morgan fingerprint density at radius 1 is 0.875 bits per heavy atom. The molecule has 0 aliphatic carbocycles. The highest BCUT2D eigenvalue weighted by Gasteiger charge is 2.01. The number of nitrogens with zero attached hydrogens (tertiary/aromatic N) is 2. The van der Waals surface area contributed by atoms with Crippen LogP contribution >= 0.6 is 0 Å². The van der Waals surface area contributed by atoms with Crippen molar-refractivity contribution in [1.29, 1.82) is 0 Å². The molecule has 0 bridgehead atoms. The molecular weight excluding hydrogens is 299 g/mol. The predicted molar refractivity (Wildman–Crippen MR) is 101 cm³/mol. The molecule has 2 aromatic carbocycles. The smallest absolute Gasteiger partial charge is 0.132 e. The van der Waals surface area contributed by atoms with Crippen LogP contribution in [-0.2, 0) is 12.8 Å². The summed E-state index contributed by atoms with van der Waals surface area (Å²) in [5.74, 6) is -0.241. The molecule has 0 amide bonds. The third-order valence-corrected chi connectivity index (χ3v) is 3.99. The van der Waals surface area contributed by atoms with E-state index >= 15 is 0 Å². The Kier molecular flexibility index (Phi) is 7.34. The Morgan fingerprint density at radius 3 is 2.25 bits per heavy atom. The second kappa shape index (κ2) is 9.76. The van der Waals surface area contributed by atoms with Crippen molar-refractivity contribution >= 4 is 12.4 Å². The van der Waals surface area contributed by atoms with Crippen LogP contribution in [-0.4, -0.2) is 12.4 Å². The van der Waals surface area contributed by atoms with Gasteiger partial charge in [0, 0.05) is 5.56 Å². The van der Waals surface area contributed by atoms with E-state index in [2.05, 4.69) is 36.2 Å². The van der Waals surface area contributed by atoms with Crippen molar-refractivity contribution in [3.63, 3.8) is 0 Å². The molecule has 0 spiro atoms. The zero-order valence-corrected chi connectivity index (χ0v) is 14.5. The lowest BCUT2D eigenvalue weighted by Crippen LogP contribution is -1.92. The van der Waals surface area contributed by atoms with Crippen LogP contribution < -0.4 is 0 Å². The molecule has 0 aromatic heterocycles. The van der Waals surface area contributed by atoms with Gasteiger partial charge in [0.1, 0.15) is 5.82 Å². The van der Waals surface area contributed by atoms with Crippen molar-refractivity contribution in [2.75, 3.05) is 0 Å². The largest absolute Gasteiger partial charge is 0.206 e. The van der Waals surface area contributed by atoms with Crippen LogP contribution in [0.5, 0.6) is 0 Å². The summed E-state index contributed by atoms with van der Waals surface area (Å²) in [4.78, 5) is 0. The summed E-state index contributed by atoms with van der Waals surface area (Å²) in [6.45, 7) is 4.29. The third-order valence-electron chi connectivity index (χ3n) is 3.99. The summed E-state index contributed by atoms with van der Waals surface area (Å²) in [6.07, 6.45) is 8.53. The van der Waals surface area contributed by atoms with Gasteiger partial charge in [-0.15, -0.1) is 0 Å². The van der Waals surface area contributed by atoms with Crippen molar-refractivity contribution in [3.05, 3.63) is 70.5 Å². The first-order chi connectivity index (χ1) is 11.7. The number of aryl methyl sites for hydroxylation is 2. The van der Waals surface area contributed by atoms with Gasteiger partial charge in [0.2, 0.25) is 0 Å². The van der Waals surface area contributed by atoms with Crippen molar-refractivity contribution < 1.29 is 4.39 Å². The van der Waals surface area contributed by atoms with Crippen LogP contribution in [0.25, 0.3) is 0 Å². The van der Waals surface area contributed by atoms with Gasteiger partial charge in [0.15, 0.2) is 0 Å². The first-order valence-corrected chi connectivity index (χ1v) is 8.66. The summed E-state index contributed by atoms with van der Waals surface area (Å²) >= 11 is 0. The Labute approximate surface area is 144 Å². The van der Waals surface area contributed by atoms with Crippen molar-refractivity contribution in [2.24, 2.45) is 10.2 Å². The van der Waals surface area contributed by atoms with Crippen molar-refractivity contribution in [3.8, 4) is 0 Å². The summed E-state index contributed by atoms with van der Waals surface area (Å²) in [5, 5.41) is 7.94. The van der Waals surface area contributed by atoms with E-state index in [0.717, 1.165) is 30.4 Å². The molecule has 0 aliphatic heterocycles. The van der Waals surface area contributed by atoms with Crippen LogP contribution in [0.1, 0.15) is 55.4 Å². The number of hydrogen-bond donors (Lipinski definition) is 0. The van der Waals surface area contributed by atoms with Gasteiger partial charge < -0.3 is 0 Å². The molecule has 0 N–H and O–H groups in total. The monoisotopic (exact) mass is 324 g/mol. The van der Waals surface area contributed by atoms with E-state index in [1.165, 1.54) is 24.6 Å². The Hall–Kier alpha value is -2.29. The van der Waals surface area contributed by atoms with Gasteiger partial charge in [0.25, 0.3) is 0 Å². The van der Waals surface area contributed by atoms with Crippen LogP contribution in [0.2, 0.25) is 0 Å². The van der Waals surface area contributed by atoms with E-state index < -0.39 is 0 Å². The fourth-order valence-electron chi connectivity index (χ4n) is 2.44. The lowest BCUT2D eigenvalue weighted by atomic mass is 10.1. The number of unbranched alkanes of at least 4 members (excludes halogenated alkanes) is 2. The molecule has 126 valence electrons. The molecule has 0 heterocycles. The second-order valence-electron chi connectivity index (χ2n) is 5.90. The highest BCUT2D eigenvalue weighted by atomic mass is 19.1. The van der Waals surface area contributed by atoms with E-state index in [4.69, 9.17) is 0 Å². The van der Waals surface area contributed by atoms with E-state index in [0.29, 0.717) is 5.56 Å². The van der Waals surface area contributed by atoms with Crippen LogP contribution in [0, 0.1) is 5.82 Å². The van der Waals surface area contributed by atoms with Gasteiger partial charge in [-0.2, -0.15) is 10.2 Å². The van der Waals surface area contributed by atoms with Gasteiger partial charge >= 0.3 is 0 Å². The Bertz CT molecular complexity index is 687. The molecule has 0 atom stereocenters. The Balaban J connectivity index is 1.94. The minimum Gasteiger partial charge on any atom is -0.206 e. The van der Waals surface area contributed by atoms with Gasteiger partial charge in [-0.1, -0.05) is 63.1 Å². The molecule has 2 nitrogen and oxygen atoms in total. The first kappa shape index (κ1) is 18.1. The van der Waals surface area contributed by atoms with Crippen molar-refractivity contribution in [1.82, 2.24) is 0 Å². The number of halogens is 1. The normalized spacial score (nSPS) is 11.6. The summed E-state index contributed by atoms with van der Waals surface area (Å²) in [5.41, 5.74) is 3.78. The van der Waals surface area contributed by atoms with E-state index in [-0.39, 0.29) is 5.82 Å². The lowest BCUT2D eigenvalue weighted by Gasteiger charge is -2.02. The molecule has 0 saturated carbocycles. The standard InChI is InChI=1S/C21H25FN2/c1-3-5-6-7-18-12-13-20(21(22)14-18)16-24-23-15-19-10-8-17(4-2)9-11-19/h8-16H,3-7H2,1-2H3/b23-15+,24-16+. The van der Waals surface area contributed by atoms with E-state index in [1.54, 1.807) is 18.3 Å². The van der Waals surface area contributed by atoms with Crippen molar-refractivity contribution in [2.45, 2.75) is 46.0 Å². The minimum absolute atomic E-state index is 0.241. The van der Waals surface area contributed by atoms with Crippen LogP contribution in [0.15, 0.2) is 52.7 Å². The minimum atomic E-state index is -0.241. The first-order valence-electron chi connectivity index (χ1n) is 8.66. The Morgan fingerprint density at radius 2 is 1.58 bits per heavy atom.